The van der Waals surface area contributed by atoms with Crippen molar-refractivity contribution in [2.24, 2.45) is 7.05 Å². The molecule has 1 aliphatic rings. The summed E-state index contributed by atoms with van der Waals surface area (Å²) in [5, 5.41) is 17.1. The molecule has 0 radical (unpaired) electrons. The zero-order valence-electron chi connectivity index (χ0n) is 12.5. The molecule has 5 nitrogen and oxygen atoms in total. The predicted octanol–water partition coefficient (Wildman–Crippen LogP) is 2.87. The molecule has 0 bridgehead atoms. The van der Waals surface area contributed by atoms with Crippen molar-refractivity contribution >= 4 is 11.5 Å². The van der Waals surface area contributed by atoms with Gasteiger partial charge in [-0.3, -0.25) is 4.68 Å². The van der Waals surface area contributed by atoms with Gasteiger partial charge >= 0.3 is 0 Å². The van der Waals surface area contributed by atoms with Gasteiger partial charge in [-0.1, -0.05) is 6.92 Å². The number of hydrogen-bond donors (Lipinski definition) is 1. The molecule has 0 amide bonds. The molecule has 5 heteroatoms. The number of hydrogen-bond acceptors (Lipinski definition) is 4. The molecule has 0 atom stereocenters. The van der Waals surface area contributed by atoms with Crippen molar-refractivity contribution in [3.63, 3.8) is 0 Å². The van der Waals surface area contributed by atoms with Crippen LogP contribution in [0.5, 0.6) is 0 Å². The van der Waals surface area contributed by atoms with Crippen molar-refractivity contribution in [3.8, 4) is 6.07 Å². The van der Waals surface area contributed by atoms with E-state index < -0.39 is 0 Å². The normalized spacial score (nSPS) is 13.6. The van der Waals surface area contributed by atoms with Crippen LogP contribution in [0.15, 0.2) is 12.3 Å². The summed E-state index contributed by atoms with van der Waals surface area (Å²) in [6.45, 7) is 2.07. The van der Waals surface area contributed by atoms with Crippen LogP contribution < -0.4 is 5.32 Å². The van der Waals surface area contributed by atoms with Gasteiger partial charge in [-0.15, -0.1) is 0 Å². The van der Waals surface area contributed by atoms with Gasteiger partial charge in [0.05, 0.1) is 16.9 Å². The zero-order valence-corrected chi connectivity index (χ0v) is 12.5. The van der Waals surface area contributed by atoms with E-state index in [4.69, 9.17) is 4.98 Å². The van der Waals surface area contributed by atoms with Gasteiger partial charge in [-0.05, 0) is 43.7 Å². The van der Waals surface area contributed by atoms with Crippen molar-refractivity contribution in [2.75, 3.05) is 5.32 Å². The fourth-order valence-electron chi connectivity index (χ4n) is 2.84. The summed E-state index contributed by atoms with van der Waals surface area (Å²) in [6, 6.07) is 4.25. The minimum Gasteiger partial charge on any atom is -0.336 e. The van der Waals surface area contributed by atoms with Gasteiger partial charge < -0.3 is 5.32 Å². The maximum absolute atomic E-state index is 9.38. The molecule has 0 aliphatic heterocycles. The summed E-state index contributed by atoms with van der Waals surface area (Å²) in [4.78, 5) is 4.69. The van der Waals surface area contributed by atoms with E-state index in [1.54, 1.807) is 4.68 Å². The second kappa shape index (κ2) is 5.57. The highest BCUT2D eigenvalue weighted by Crippen LogP contribution is 2.27. The lowest BCUT2D eigenvalue weighted by Crippen LogP contribution is -2.09. The fourth-order valence-corrected chi connectivity index (χ4v) is 2.84. The van der Waals surface area contributed by atoms with Crippen LogP contribution in [0.3, 0.4) is 0 Å². The van der Waals surface area contributed by atoms with Crippen molar-refractivity contribution in [3.05, 3.63) is 34.8 Å². The summed E-state index contributed by atoms with van der Waals surface area (Å²) in [5.41, 5.74) is 4.89. The lowest BCUT2D eigenvalue weighted by molar-refractivity contribution is 0.668. The molecule has 0 spiro atoms. The van der Waals surface area contributed by atoms with Crippen LogP contribution in [0.25, 0.3) is 0 Å². The van der Waals surface area contributed by atoms with E-state index in [2.05, 4.69) is 23.4 Å². The summed E-state index contributed by atoms with van der Waals surface area (Å²) in [5.74, 6) is 0.654. The Morgan fingerprint density at radius 3 is 2.95 bits per heavy atom. The first kappa shape index (κ1) is 13.6. The molecule has 2 heterocycles. The predicted molar refractivity (Wildman–Crippen MR) is 81.5 cm³/mol. The van der Waals surface area contributed by atoms with Gasteiger partial charge in [0.25, 0.3) is 0 Å². The first-order valence-electron chi connectivity index (χ1n) is 7.43. The highest BCUT2D eigenvalue weighted by atomic mass is 15.3. The molecule has 1 aliphatic carbocycles. The molecule has 21 heavy (non-hydrogen) atoms. The number of nitrogens with one attached hydrogen (secondary N) is 1. The third-order valence-electron chi connectivity index (χ3n) is 3.91. The largest absolute Gasteiger partial charge is 0.336 e. The first-order chi connectivity index (χ1) is 10.2. The topological polar surface area (TPSA) is 66.5 Å². The molecule has 108 valence electrons. The second-order valence-corrected chi connectivity index (χ2v) is 5.45. The third kappa shape index (κ3) is 2.62. The van der Waals surface area contributed by atoms with Crippen LogP contribution in [0.1, 0.15) is 42.3 Å². The molecule has 0 aromatic carbocycles. The Kier molecular flexibility index (Phi) is 3.61. The highest BCUT2D eigenvalue weighted by Gasteiger charge is 2.16. The van der Waals surface area contributed by atoms with Crippen molar-refractivity contribution in [1.82, 2.24) is 14.8 Å². The lowest BCUT2D eigenvalue weighted by atomic mass is 9.95. The SMILES string of the molecule is CCc1nn(C)cc1Nc1nc2c(cc1C#N)CCCC2. The molecule has 2 aromatic rings. The number of anilines is 2. The minimum absolute atomic E-state index is 0.613. The van der Waals surface area contributed by atoms with Gasteiger partial charge in [0.15, 0.2) is 0 Å². The van der Waals surface area contributed by atoms with E-state index >= 15 is 0 Å². The molecule has 0 fully saturated rings. The summed E-state index contributed by atoms with van der Waals surface area (Å²) in [7, 11) is 1.90. The molecule has 0 saturated carbocycles. The molecular formula is C16H19N5. The second-order valence-electron chi connectivity index (χ2n) is 5.45. The maximum atomic E-state index is 9.38. The Hall–Kier alpha value is -2.35. The maximum Gasteiger partial charge on any atom is 0.148 e. The zero-order chi connectivity index (χ0) is 14.8. The van der Waals surface area contributed by atoms with E-state index in [0.717, 1.165) is 36.3 Å². The van der Waals surface area contributed by atoms with Crippen molar-refractivity contribution in [1.29, 1.82) is 5.26 Å². The van der Waals surface area contributed by atoms with E-state index in [0.29, 0.717) is 11.4 Å². The minimum atomic E-state index is 0.613. The van der Waals surface area contributed by atoms with E-state index in [1.165, 1.54) is 18.4 Å². The Bertz CT molecular complexity index is 708. The van der Waals surface area contributed by atoms with E-state index in [9.17, 15) is 5.26 Å². The van der Waals surface area contributed by atoms with Gasteiger partial charge in [-0.25, -0.2) is 4.98 Å². The van der Waals surface area contributed by atoms with Crippen LogP contribution in [-0.2, 0) is 26.3 Å². The highest BCUT2D eigenvalue weighted by molar-refractivity contribution is 5.65. The van der Waals surface area contributed by atoms with Crippen LogP contribution in [0.4, 0.5) is 11.5 Å². The van der Waals surface area contributed by atoms with Crippen LogP contribution in [-0.4, -0.2) is 14.8 Å². The Balaban J connectivity index is 1.99. The van der Waals surface area contributed by atoms with Crippen molar-refractivity contribution < 1.29 is 0 Å². The van der Waals surface area contributed by atoms with E-state index in [1.807, 2.05) is 19.3 Å². The smallest absolute Gasteiger partial charge is 0.148 e. The van der Waals surface area contributed by atoms with Gasteiger partial charge in [-0.2, -0.15) is 10.4 Å². The molecule has 2 aromatic heterocycles. The summed E-state index contributed by atoms with van der Waals surface area (Å²) < 4.78 is 1.78. The molecule has 0 unspecified atom stereocenters. The average Bonchev–Trinajstić information content (AvgIpc) is 2.86. The van der Waals surface area contributed by atoms with Gasteiger partial charge in [0.1, 0.15) is 11.9 Å². The fraction of sp³-hybridized carbons (Fsp3) is 0.438. The molecule has 1 N–H and O–H groups in total. The van der Waals surface area contributed by atoms with Crippen LogP contribution in [0, 0.1) is 11.3 Å². The summed E-state index contributed by atoms with van der Waals surface area (Å²) in [6.07, 6.45) is 7.18. The van der Waals surface area contributed by atoms with Gasteiger partial charge in [0, 0.05) is 18.9 Å². The number of pyridine rings is 1. The Labute approximate surface area is 124 Å². The average molecular weight is 281 g/mol. The number of rotatable bonds is 3. The number of nitriles is 1. The Morgan fingerprint density at radius 2 is 2.19 bits per heavy atom. The monoisotopic (exact) mass is 281 g/mol. The third-order valence-corrected chi connectivity index (χ3v) is 3.91. The quantitative estimate of drug-likeness (QED) is 0.939. The van der Waals surface area contributed by atoms with Crippen LogP contribution in [0.2, 0.25) is 0 Å². The molecule has 3 rings (SSSR count). The standard InChI is InChI=1S/C16H19N5/c1-3-13-15(10-21(2)20-13)19-16-12(9-17)8-11-6-4-5-7-14(11)18-16/h8,10H,3-7H2,1-2H3,(H,18,19). The number of aryl methyl sites for hydroxylation is 4. The number of fused-ring (bicyclic) bond motifs is 1. The molecular weight excluding hydrogens is 262 g/mol. The Morgan fingerprint density at radius 1 is 1.38 bits per heavy atom. The first-order valence-corrected chi connectivity index (χ1v) is 7.43. The number of nitrogens with zero attached hydrogens (tertiary/aromatic N) is 4. The van der Waals surface area contributed by atoms with Crippen molar-refractivity contribution in [2.45, 2.75) is 39.0 Å². The molecule has 0 saturated heterocycles. The van der Waals surface area contributed by atoms with Crippen LogP contribution >= 0.6 is 0 Å². The lowest BCUT2D eigenvalue weighted by Gasteiger charge is -2.17. The summed E-state index contributed by atoms with van der Waals surface area (Å²) >= 11 is 0. The number of aromatic nitrogens is 3. The van der Waals surface area contributed by atoms with E-state index in [-0.39, 0.29) is 0 Å². The van der Waals surface area contributed by atoms with Gasteiger partial charge in [0.2, 0.25) is 0 Å².